The number of halogens is 2. The van der Waals surface area contributed by atoms with E-state index in [1.807, 2.05) is 0 Å². The molecular weight excluding hydrogens is 421 g/mol. The number of benzene rings is 1. The number of ketones is 1. The fraction of sp³-hybridized carbons (Fsp3) is 0.0526. The van der Waals surface area contributed by atoms with Gasteiger partial charge in [-0.25, -0.2) is 4.98 Å². The van der Waals surface area contributed by atoms with Gasteiger partial charge in [0, 0.05) is 21.7 Å². The van der Waals surface area contributed by atoms with Gasteiger partial charge in [-0.05, 0) is 30.3 Å². The number of Topliss-reactive ketones (excluding diaryl/α,β-unsaturated/α-hetero) is 1. The average Bonchev–Trinajstić information content (AvgIpc) is 3.40. The molecule has 0 aliphatic heterocycles. The van der Waals surface area contributed by atoms with E-state index in [4.69, 9.17) is 32.0 Å². The summed E-state index contributed by atoms with van der Waals surface area (Å²) in [5.41, 5.74) is 3.05. The summed E-state index contributed by atoms with van der Waals surface area (Å²) < 4.78 is 10.3. The Morgan fingerprint density at radius 2 is 1.68 bits per heavy atom. The number of hydrogen-bond donors (Lipinski definition) is 0. The van der Waals surface area contributed by atoms with Gasteiger partial charge >= 0.3 is 0 Å². The second-order valence-corrected chi connectivity index (χ2v) is 7.44. The van der Waals surface area contributed by atoms with Crippen LogP contribution in [0.2, 0.25) is 10.0 Å². The molecule has 0 atom stereocenters. The Kier molecular flexibility index (Phi) is 5.47. The lowest BCUT2D eigenvalue weighted by molar-refractivity contribution is 0.102. The van der Waals surface area contributed by atoms with E-state index in [1.54, 1.807) is 49.3 Å². The predicted molar refractivity (Wildman–Crippen MR) is 107 cm³/mol. The SMILES string of the molecule is O=C(CSc1nnc(-c2ccoc2)c(-c2ccoc2)n1)c1ccc(Cl)cc1Cl. The number of nitrogens with zero attached hydrogens (tertiary/aromatic N) is 3. The Bertz CT molecular complexity index is 1120. The molecule has 28 heavy (non-hydrogen) atoms. The maximum Gasteiger partial charge on any atom is 0.210 e. The summed E-state index contributed by atoms with van der Waals surface area (Å²) in [5, 5.41) is 9.55. The molecule has 0 fully saturated rings. The van der Waals surface area contributed by atoms with Crippen molar-refractivity contribution < 1.29 is 13.6 Å². The van der Waals surface area contributed by atoms with Crippen LogP contribution in [0, 0.1) is 0 Å². The molecule has 140 valence electrons. The second kappa shape index (κ2) is 8.18. The Balaban J connectivity index is 1.59. The van der Waals surface area contributed by atoms with Gasteiger partial charge < -0.3 is 8.83 Å². The maximum atomic E-state index is 12.5. The summed E-state index contributed by atoms with van der Waals surface area (Å²) in [6.07, 6.45) is 6.23. The van der Waals surface area contributed by atoms with Crippen LogP contribution in [-0.4, -0.2) is 26.7 Å². The van der Waals surface area contributed by atoms with Gasteiger partial charge in [-0.3, -0.25) is 4.79 Å². The molecule has 3 heterocycles. The number of rotatable bonds is 6. The Labute approximate surface area is 173 Å². The number of hydrogen-bond acceptors (Lipinski definition) is 7. The first-order chi connectivity index (χ1) is 13.6. The molecule has 0 saturated carbocycles. The van der Waals surface area contributed by atoms with Crippen LogP contribution in [0.4, 0.5) is 0 Å². The highest BCUT2D eigenvalue weighted by Crippen LogP contribution is 2.31. The molecule has 3 aromatic heterocycles. The molecule has 4 rings (SSSR count). The molecule has 4 aromatic rings. The molecule has 9 heteroatoms. The van der Waals surface area contributed by atoms with Crippen molar-refractivity contribution in [3.8, 4) is 22.5 Å². The number of furan rings is 2. The lowest BCUT2D eigenvalue weighted by atomic mass is 10.1. The van der Waals surface area contributed by atoms with Crippen LogP contribution in [0.1, 0.15) is 10.4 Å². The van der Waals surface area contributed by atoms with Crippen LogP contribution in [0.5, 0.6) is 0 Å². The monoisotopic (exact) mass is 431 g/mol. The van der Waals surface area contributed by atoms with Crippen molar-refractivity contribution in [1.82, 2.24) is 15.2 Å². The second-order valence-electron chi connectivity index (χ2n) is 5.65. The minimum absolute atomic E-state index is 0.110. The van der Waals surface area contributed by atoms with Crippen LogP contribution >= 0.6 is 35.0 Å². The minimum atomic E-state index is -0.154. The van der Waals surface area contributed by atoms with Crippen LogP contribution in [0.15, 0.2) is 69.4 Å². The molecule has 0 saturated heterocycles. The standard InChI is InChI=1S/C19H11Cl2N3O3S/c20-13-1-2-14(15(21)7-13)16(25)10-28-19-22-17(11-3-5-26-8-11)18(23-24-19)12-4-6-27-9-12/h1-9H,10H2. The van der Waals surface area contributed by atoms with Crippen molar-refractivity contribution in [3.63, 3.8) is 0 Å². The van der Waals surface area contributed by atoms with Crippen molar-refractivity contribution in [2.24, 2.45) is 0 Å². The summed E-state index contributed by atoms with van der Waals surface area (Å²) in [6.45, 7) is 0. The van der Waals surface area contributed by atoms with Crippen LogP contribution in [0.3, 0.4) is 0 Å². The minimum Gasteiger partial charge on any atom is -0.472 e. The van der Waals surface area contributed by atoms with Gasteiger partial charge in [0.25, 0.3) is 0 Å². The Hall–Kier alpha value is -2.61. The van der Waals surface area contributed by atoms with Gasteiger partial charge in [-0.15, -0.1) is 10.2 Å². The molecular formula is C19H11Cl2N3O3S. The third-order valence-corrected chi connectivity index (χ3v) is 5.21. The first-order valence-electron chi connectivity index (χ1n) is 8.03. The lowest BCUT2D eigenvalue weighted by Crippen LogP contribution is -2.05. The summed E-state index contributed by atoms with van der Waals surface area (Å²) in [4.78, 5) is 17.0. The van der Waals surface area contributed by atoms with Crippen molar-refractivity contribution in [2.75, 3.05) is 5.75 Å². The molecule has 0 N–H and O–H groups in total. The predicted octanol–water partition coefficient (Wildman–Crippen LogP) is 5.67. The van der Waals surface area contributed by atoms with Crippen molar-refractivity contribution in [1.29, 1.82) is 0 Å². The Morgan fingerprint density at radius 3 is 2.32 bits per heavy atom. The van der Waals surface area contributed by atoms with Gasteiger partial charge in [0.1, 0.15) is 11.4 Å². The smallest absolute Gasteiger partial charge is 0.210 e. The maximum absolute atomic E-state index is 12.5. The normalized spacial score (nSPS) is 10.9. The molecule has 0 unspecified atom stereocenters. The number of carbonyl (C=O) groups excluding carboxylic acids is 1. The van der Waals surface area contributed by atoms with E-state index in [2.05, 4.69) is 15.2 Å². The van der Waals surface area contributed by atoms with Crippen LogP contribution in [0.25, 0.3) is 22.5 Å². The molecule has 0 amide bonds. The van der Waals surface area contributed by atoms with E-state index in [1.165, 1.54) is 17.8 Å². The third-order valence-electron chi connectivity index (χ3n) is 3.82. The average molecular weight is 432 g/mol. The molecule has 0 aliphatic rings. The Morgan fingerprint density at radius 1 is 0.964 bits per heavy atom. The van der Waals surface area contributed by atoms with Crippen molar-refractivity contribution >= 4 is 40.7 Å². The molecule has 0 aliphatic carbocycles. The lowest BCUT2D eigenvalue weighted by Gasteiger charge is -2.06. The summed E-state index contributed by atoms with van der Waals surface area (Å²) in [6, 6.07) is 8.32. The largest absolute Gasteiger partial charge is 0.472 e. The van der Waals surface area contributed by atoms with Crippen molar-refractivity contribution in [2.45, 2.75) is 5.16 Å². The molecule has 1 aromatic carbocycles. The van der Waals surface area contributed by atoms with E-state index < -0.39 is 0 Å². The van der Waals surface area contributed by atoms with E-state index in [0.29, 0.717) is 32.2 Å². The molecule has 0 spiro atoms. The first-order valence-corrected chi connectivity index (χ1v) is 9.77. The first kappa shape index (κ1) is 18.7. The number of aromatic nitrogens is 3. The molecule has 0 bridgehead atoms. The van der Waals surface area contributed by atoms with E-state index in [-0.39, 0.29) is 11.5 Å². The number of thioether (sulfide) groups is 1. The van der Waals surface area contributed by atoms with Gasteiger partial charge in [-0.2, -0.15) is 0 Å². The van der Waals surface area contributed by atoms with Gasteiger partial charge in [-0.1, -0.05) is 35.0 Å². The van der Waals surface area contributed by atoms with Gasteiger partial charge in [0.2, 0.25) is 5.16 Å². The summed E-state index contributed by atoms with van der Waals surface area (Å²) in [5.74, 6) is -0.0436. The quantitative estimate of drug-likeness (QED) is 0.287. The topological polar surface area (TPSA) is 82.0 Å². The van der Waals surface area contributed by atoms with E-state index in [0.717, 1.165) is 11.1 Å². The van der Waals surface area contributed by atoms with Gasteiger partial charge in [0.15, 0.2) is 5.78 Å². The fourth-order valence-corrected chi connectivity index (χ4v) is 3.67. The molecule has 0 radical (unpaired) electrons. The highest BCUT2D eigenvalue weighted by molar-refractivity contribution is 7.99. The zero-order chi connectivity index (χ0) is 19.5. The van der Waals surface area contributed by atoms with Gasteiger partial charge in [0.05, 0.1) is 35.8 Å². The van der Waals surface area contributed by atoms with Crippen LogP contribution < -0.4 is 0 Å². The zero-order valence-corrected chi connectivity index (χ0v) is 16.5. The highest BCUT2D eigenvalue weighted by atomic mass is 35.5. The van der Waals surface area contributed by atoms with Crippen LogP contribution in [-0.2, 0) is 0 Å². The van der Waals surface area contributed by atoms with Crippen molar-refractivity contribution in [3.05, 3.63) is 71.0 Å². The molecule has 6 nitrogen and oxygen atoms in total. The van der Waals surface area contributed by atoms with E-state index in [9.17, 15) is 4.79 Å². The zero-order valence-electron chi connectivity index (χ0n) is 14.1. The van der Waals surface area contributed by atoms with E-state index >= 15 is 0 Å². The summed E-state index contributed by atoms with van der Waals surface area (Å²) >= 11 is 13.1. The summed E-state index contributed by atoms with van der Waals surface area (Å²) in [7, 11) is 0. The third kappa shape index (κ3) is 3.96. The number of carbonyl (C=O) groups is 1. The fourth-order valence-electron chi connectivity index (χ4n) is 2.49. The highest BCUT2D eigenvalue weighted by Gasteiger charge is 2.17.